The van der Waals surface area contributed by atoms with E-state index in [0.29, 0.717) is 12.1 Å². The zero-order chi connectivity index (χ0) is 15.8. The highest BCUT2D eigenvalue weighted by atomic mass is 16.5. The summed E-state index contributed by atoms with van der Waals surface area (Å²) < 4.78 is 0. The van der Waals surface area contributed by atoms with Gasteiger partial charge in [-0.15, -0.1) is 0 Å². The first kappa shape index (κ1) is 16.2. The van der Waals surface area contributed by atoms with E-state index in [1.54, 1.807) is 6.07 Å². The summed E-state index contributed by atoms with van der Waals surface area (Å²) in [5.41, 5.74) is 2.85. The van der Waals surface area contributed by atoms with E-state index in [1.165, 1.54) is 5.56 Å². The quantitative estimate of drug-likeness (QED) is 0.468. The SMILES string of the molecule is CCc1ccccc1N(O)C(=O)CCCCc1ccccc1. The summed E-state index contributed by atoms with van der Waals surface area (Å²) in [6.45, 7) is 2.01. The highest BCUT2D eigenvalue weighted by Gasteiger charge is 2.15. The van der Waals surface area contributed by atoms with Crippen LogP contribution in [0.1, 0.15) is 37.3 Å². The molecule has 2 aromatic rings. The van der Waals surface area contributed by atoms with Crippen molar-refractivity contribution in [3.63, 3.8) is 0 Å². The topological polar surface area (TPSA) is 40.5 Å². The normalized spacial score (nSPS) is 10.5. The van der Waals surface area contributed by atoms with E-state index in [0.717, 1.165) is 36.3 Å². The first-order valence-electron chi connectivity index (χ1n) is 7.86. The molecule has 3 heteroatoms. The van der Waals surface area contributed by atoms with Crippen LogP contribution in [0.25, 0.3) is 0 Å². The molecule has 0 bridgehead atoms. The summed E-state index contributed by atoms with van der Waals surface area (Å²) in [7, 11) is 0. The molecular formula is C19H23NO2. The van der Waals surface area contributed by atoms with Crippen molar-refractivity contribution in [3.05, 3.63) is 65.7 Å². The molecule has 0 saturated heterocycles. The molecule has 1 amide bonds. The fraction of sp³-hybridized carbons (Fsp3) is 0.316. The third-order valence-electron chi connectivity index (χ3n) is 3.79. The third-order valence-corrected chi connectivity index (χ3v) is 3.79. The number of hydroxylamine groups is 1. The number of amides is 1. The van der Waals surface area contributed by atoms with Gasteiger partial charge in [-0.1, -0.05) is 55.5 Å². The van der Waals surface area contributed by atoms with Crippen LogP contribution in [-0.2, 0) is 17.6 Å². The van der Waals surface area contributed by atoms with Crippen molar-refractivity contribution in [3.8, 4) is 0 Å². The van der Waals surface area contributed by atoms with Gasteiger partial charge in [0.1, 0.15) is 0 Å². The smallest absolute Gasteiger partial charge is 0.250 e. The second-order valence-corrected chi connectivity index (χ2v) is 5.38. The van der Waals surface area contributed by atoms with E-state index >= 15 is 0 Å². The Kier molecular flexibility index (Phi) is 6.16. The van der Waals surface area contributed by atoms with Crippen molar-refractivity contribution in [2.75, 3.05) is 5.06 Å². The summed E-state index contributed by atoms with van der Waals surface area (Å²) in [4.78, 5) is 12.1. The Hall–Kier alpha value is -2.13. The lowest BCUT2D eigenvalue weighted by Crippen LogP contribution is -2.27. The number of para-hydroxylation sites is 1. The maximum Gasteiger partial charge on any atom is 0.250 e. The van der Waals surface area contributed by atoms with Crippen LogP contribution in [0.15, 0.2) is 54.6 Å². The monoisotopic (exact) mass is 297 g/mol. The van der Waals surface area contributed by atoms with Gasteiger partial charge >= 0.3 is 0 Å². The van der Waals surface area contributed by atoms with Gasteiger partial charge in [0.2, 0.25) is 0 Å². The Labute approximate surface area is 132 Å². The molecule has 3 nitrogen and oxygen atoms in total. The van der Waals surface area contributed by atoms with Crippen molar-refractivity contribution in [1.29, 1.82) is 0 Å². The fourth-order valence-electron chi connectivity index (χ4n) is 2.51. The van der Waals surface area contributed by atoms with Crippen LogP contribution in [0.4, 0.5) is 5.69 Å². The Morgan fingerprint density at radius 2 is 1.68 bits per heavy atom. The molecule has 22 heavy (non-hydrogen) atoms. The molecule has 1 N–H and O–H groups in total. The standard InChI is InChI=1S/C19H23NO2/c1-2-17-13-7-8-14-18(17)20(22)19(21)15-9-6-12-16-10-4-3-5-11-16/h3-5,7-8,10-11,13-14,22H,2,6,9,12,15H2,1H3. The molecule has 0 heterocycles. The van der Waals surface area contributed by atoms with Gasteiger partial charge in [0, 0.05) is 6.42 Å². The minimum Gasteiger partial charge on any atom is -0.281 e. The maximum atomic E-state index is 12.1. The lowest BCUT2D eigenvalue weighted by Gasteiger charge is -2.18. The van der Waals surface area contributed by atoms with Crippen LogP contribution in [0.2, 0.25) is 0 Å². The zero-order valence-electron chi connectivity index (χ0n) is 13.0. The van der Waals surface area contributed by atoms with E-state index in [-0.39, 0.29) is 5.91 Å². The van der Waals surface area contributed by atoms with E-state index in [4.69, 9.17) is 0 Å². The Bertz CT molecular complexity index is 595. The maximum absolute atomic E-state index is 12.1. The van der Waals surface area contributed by atoms with Gasteiger partial charge in [-0.2, -0.15) is 5.06 Å². The molecule has 0 aliphatic heterocycles. The van der Waals surface area contributed by atoms with Gasteiger partial charge in [-0.3, -0.25) is 10.0 Å². The molecule has 2 rings (SSSR count). The number of benzene rings is 2. The van der Waals surface area contributed by atoms with Crippen molar-refractivity contribution in [2.24, 2.45) is 0 Å². The lowest BCUT2D eigenvalue weighted by molar-refractivity contribution is -0.123. The average Bonchev–Trinajstić information content (AvgIpc) is 2.58. The molecule has 0 aromatic heterocycles. The predicted octanol–water partition coefficient (Wildman–Crippen LogP) is 4.38. The number of hydrogen-bond donors (Lipinski definition) is 1. The van der Waals surface area contributed by atoms with Crippen LogP contribution in [0.5, 0.6) is 0 Å². The van der Waals surface area contributed by atoms with Gasteiger partial charge in [0.25, 0.3) is 5.91 Å². The van der Waals surface area contributed by atoms with Gasteiger partial charge in [-0.25, -0.2) is 0 Å². The van der Waals surface area contributed by atoms with Crippen molar-refractivity contribution in [2.45, 2.75) is 39.0 Å². The number of rotatable bonds is 7. The van der Waals surface area contributed by atoms with Gasteiger partial charge in [0.05, 0.1) is 5.69 Å². The molecular weight excluding hydrogens is 274 g/mol. The Morgan fingerprint density at radius 1 is 1.00 bits per heavy atom. The molecule has 0 aliphatic carbocycles. The largest absolute Gasteiger partial charge is 0.281 e. The second-order valence-electron chi connectivity index (χ2n) is 5.38. The zero-order valence-corrected chi connectivity index (χ0v) is 13.0. The van der Waals surface area contributed by atoms with Gasteiger partial charge in [-0.05, 0) is 42.9 Å². The predicted molar refractivity (Wildman–Crippen MR) is 89.1 cm³/mol. The number of carbonyl (C=O) groups is 1. The lowest BCUT2D eigenvalue weighted by atomic mass is 10.1. The number of hydrogen-bond acceptors (Lipinski definition) is 2. The third kappa shape index (κ3) is 4.43. The molecule has 0 spiro atoms. The molecule has 0 fully saturated rings. The number of aryl methyl sites for hydroxylation is 2. The number of unbranched alkanes of at least 4 members (excludes halogenated alkanes) is 1. The first-order chi connectivity index (χ1) is 10.7. The Balaban J connectivity index is 1.81. The van der Waals surface area contributed by atoms with E-state index in [2.05, 4.69) is 12.1 Å². The summed E-state index contributed by atoms with van der Waals surface area (Å²) in [5.74, 6) is -0.242. The van der Waals surface area contributed by atoms with Crippen LogP contribution >= 0.6 is 0 Å². The van der Waals surface area contributed by atoms with Gasteiger partial charge < -0.3 is 0 Å². The van der Waals surface area contributed by atoms with Crippen LogP contribution in [0.3, 0.4) is 0 Å². The van der Waals surface area contributed by atoms with Crippen LogP contribution in [-0.4, -0.2) is 11.1 Å². The summed E-state index contributed by atoms with van der Waals surface area (Å²) in [6.07, 6.45) is 3.83. The summed E-state index contributed by atoms with van der Waals surface area (Å²) in [5, 5.41) is 10.9. The van der Waals surface area contributed by atoms with Crippen molar-refractivity contribution >= 4 is 11.6 Å². The number of nitrogens with zero attached hydrogens (tertiary/aromatic N) is 1. The average molecular weight is 297 g/mol. The molecule has 116 valence electrons. The van der Waals surface area contributed by atoms with Crippen molar-refractivity contribution in [1.82, 2.24) is 0 Å². The van der Waals surface area contributed by atoms with E-state index in [1.807, 2.05) is 43.3 Å². The fourth-order valence-corrected chi connectivity index (χ4v) is 2.51. The minimum atomic E-state index is -0.242. The highest BCUT2D eigenvalue weighted by Crippen LogP contribution is 2.20. The van der Waals surface area contributed by atoms with E-state index in [9.17, 15) is 10.0 Å². The second kappa shape index (κ2) is 8.35. The van der Waals surface area contributed by atoms with Crippen LogP contribution in [0, 0.1) is 0 Å². The number of anilines is 1. The molecule has 0 unspecified atom stereocenters. The summed E-state index contributed by atoms with van der Waals surface area (Å²) in [6, 6.07) is 17.7. The van der Waals surface area contributed by atoms with E-state index < -0.39 is 0 Å². The molecule has 0 atom stereocenters. The van der Waals surface area contributed by atoms with Gasteiger partial charge in [0.15, 0.2) is 0 Å². The first-order valence-corrected chi connectivity index (χ1v) is 7.86. The minimum absolute atomic E-state index is 0.242. The number of carbonyl (C=O) groups excluding carboxylic acids is 1. The molecule has 0 saturated carbocycles. The summed E-state index contributed by atoms with van der Waals surface area (Å²) >= 11 is 0. The molecule has 2 aromatic carbocycles. The Morgan fingerprint density at radius 3 is 2.41 bits per heavy atom. The van der Waals surface area contributed by atoms with Crippen LogP contribution < -0.4 is 5.06 Å². The molecule has 0 aliphatic rings. The highest BCUT2D eigenvalue weighted by molar-refractivity contribution is 5.91. The van der Waals surface area contributed by atoms with Crippen molar-refractivity contribution < 1.29 is 10.0 Å². The molecule has 0 radical (unpaired) electrons.